The molecule has 4 rings (SSSR count). The van der Waals surface area contributed by atoms with E-state index in [2.05, 4.69) is 19.9 Å². The van der Waals surface area contributed by atoms with Crippen molar-refractivity contribution in [3.8, 4) is 22.6 Å². The van der Waals surface area contributed by atoms with Crippen LogP contribution in [0.2, 0.25) is 0 Å². The zero-order chi connectivity index (χ0) is 22.2. The third-order valence-electron chi connectivity index (χ3n) is 4.68. The molecule has 7 nitrogen and oxygen atoms in total. The van der Waals surface area contributed by atoms with Crippen molar-refractivity contribution >= 4 is 11.5 Å². The van der Waals surface area contributed by atoms with E-state index >= 15 is 0 Å². The molecule has 0 spiro atoms. The molecule has 3 heterocycles. The van der Waals surface area contributed by atoms with Crippen LogP contribution >= 0.6 is 0 Å². The molecule has 0 amide bonds. The van der Waals surface area contributed by atoms with Gasteiger partial charge in [0.1, 0.15) is 11.5 Å². The number of imidazole rings is 2. The van der Waals surface area contributed by atoms with E-state index in [0.717, 1.165) is 0 Å². The molecule has 0 aliphatic heterocycles. The summed E-state index contributed by atoms with van der Waals surface area (Å²) in [5.74, 6) is -0.352. The summed E-state index contributed by atoms with van der Waals surface area (Å²) in [6, 6.07) is 7.07. The van der Waals surface area contributed by atoms with Crippen LogP contribution < -0.4 is 0 Å². The van der Waals surface area contributed by atoms with E-state index in [0.29, 0.717) is 11.2 Å². The Morgan fingerprint density at radius 1 is 1.10 bits per heavy atom. The SMILES string of the molecule is [C-]#[N+]c1cnc2ccc(-c3c(-c4ccc(F)cc4)ncn3[C@H](CO)CC(F)(F)F)nn12. The van der Waals surface area contributed by atoms with Crippen molar-refractivity contribution in [3.63, 3.8) is 0 Å². The molecular weight excluding hydrogens is 416 g/mol. The number of benzene rings is 1. The molecule has 31 heavy (non-hydrogen) atoms. The van der Waals surface area contributed by atoms with Gasteiger partial charge in [-0.3, -0.25) is 0 Å². The van der Waals surface area contributed by atoms with E-state index in [1.165, 1.54) is 45.9 Å². The third kappa shape index (κ3) is 3.97. The summed E-state index contributed by atoms with van der Waals surface area (Å²) >= 11 is 0. The lowest BCUT2D eigenvalue weighted by Crippen LogP contribution is -2.22. The summed E-state index contributed by atoms with van der Waals surface area (Å²) in [7, 11) is 0. The maximum Gasteiger partial charge on any atom is 0.391 e. The lowest BCUT2D eigenvalue weighted by Gasteiger charge is -2.20. The second-order valence-corrected chi connectivity index (χ2v) is 6.73. The summed E-state index contributed by atoms with van der Waals surface area (Å²) < 4.78 is 55.2. The normalized spacial score (nSPS) is 12.8. The quantitative estimate of drug-likeness (QED) is 0.376. The molecule has 4 aromatic rings. The van der Waals surface area contributed by atoms with E-state index in [1.54, 1.807) is 12.1 Å². The smallest absolute Gasteiger partial charge is 0.391 e. The Morgan fingerprint density at radius 3 is 2.48 bits per heavy atom. The van der Waals surface area contributed by atoms with Gasteiger partial charge in [-0.25, -0.2) is 14.4 Å². The highest BCUT2D eigenvalue weighted by atomic mass is 19.4. The molecule has 0 bridgehead atoms. The zero-order valence-electron chi connectivity index (χ0n) is 15.8. The summed E-state index contributed by atoms with van der Waals surface area (Å²) in [5, 5.41) is 14.0. The first-order chi connectivity index (χ1) is 14.8. The Labute approximate surface area is 173 Å². The summed E-state index contributed by atoms with van der Waals surface area (Å²) in [4.78, 5) is 11.6. The maximum atomic E-state index is 13.4. The first-order valence-electron chi connectivity index (χ1n) is 9.03. The fourth-order valence-electron chi connectivity index (χ4n) is 3.29. The molecule has 0 radical (unpaired) electrons. The lowest BCUT2D eigenvalue weighted by molar-refractivity contribution is -0.145. The number of nitrogens with zero attached hydrogens (tertiary/aromatic N) is 6. The molecule has 0 fully saturated rings. The van der Waals surface area contributed by atoms with Crippen molar-refractivity contribution in [3.05, 3.63) is 66.2 Å². The molecule has 0 saturated heterocycles. The van der Waals surface area contributed by atoms with Crippen molar-refractivity contribution in [2.45, 2.75) is 18.6 Å². The van der Waals surface area contributed by atoms with Crippen molar-refractivity contribution in [1.82, 2.24) is 24.1 Å². The second kappa shape index (κ2) is 7.81. The minimum atomic E-state index is -4.52. The highest BCUT2D eigenvalue weighted by molar-refractivity contribution is 5.77. The van der Waals surface area contributed by atoms with Crippen LogP contribution in [-0.4, -0.2) is 42.0 Å². The van der Waals surface area contributed by atoms with Crippen LogP contribution in [0.4, 0.5) is 23.4 Å². The number of fused-ring (bicyclic) bond motifs is 1. The topological polar surface area (TPSA) is 72.6 Å². The number of hydrogen-bond donors (Lipinski definition) is 1. The lowest BCUT2D eigenvalue weighted by atomic mass is 10.1. The summed E-state index contributed by atoms with van der Waals surface area (Å²) in [6.07, 6.45) is -3.28. The van der Waals surface area contributed by atoms with Gasteiger partial charge in [-0.15, -0.1) is 4.52 Å². The van der Waals surface area contributed by atoms with E-state index < -0.39 is 31.1 Å². The van der Waals surface area contributed by atoms with Crippen LogP contribution in [0, 0.1) is 12.4 Å². The Balaban J connectivity index is 1.94. The van der Waals surface area contributed by atoms with Crippen LogP contribution in [0.1, 0.15) is 12.5 Å². The Morgan fingerprint density at radius 2 is 1.84 bits per heavy atom. The van der Waals surface area contributed by atoms with Gasteiger partial charge in [-0.1, -0.05) is 11.7 Å². The predicted octanol–water partition coefficient (Wildman–Crippen LogP) is 4.44. The van der Waals surface area contributed by atoms with Gasteiger partial charge < -0.3 is 14.5 Å². The fraction of sp³-hybridized carbons (Fsp3) is 0.200. The van der Waals surface area contributed by atoms with E-state index in [-0.39, 0.29) is 22.9 Å². The highest BCUT2D eigenvalue weighted by Crippen LogP contribution is 2.36. The van der Waals surface area contributed by atoms with Gasteiger partial charge in [0.05, 0.1) is 43.0 Å². The number of hydrogen-bond acceptors (Lipinski definition) is 4. The highest BCUT2D eigenvalue weighted by Gasteiger charge is 2.34. The van der Waals surface area contributed by atoms with Gasteiger partial charge >= 0.3 is 6.18 Å². The minimum absolute atomic E-state index is 0.125. The second-order valence-electron chi connectivity index (χ2n) is 6.73. The average Bonchev–Trinajstić information content (AvgIpc) is 3.35. The van der Waals surface area contributed by atoms with Gasteiger partial charge in [-0.05, 0) is 30.3 Å². The molecule has 1 N–H and O–H groups in total. The molecule has 158 valence electrons. The van der Waals surface area contributed by atoms with Gasteiger partial charge in [0.25, 0.3) is 5.82 Å². The van der Waals surface area contributed by atoms with Crippen LogP contribution in [0.5, 0.6) is 0 Å². The Bertz CT molecular complexity index is 1270. The molecule has 1 atom stereocenters. The first-order valence-corrected chi connectivity index (χ1v) is 9.03. The van der Waals surface area contributed by atoms with Crippen molar-refractivity contribution in [2.24, 2.45) is 0 Å². The van der Waals surface area contributed by atoms with Crippen molar-refractivity contribution in [2.75, 3.05) is 6.61 Å². The van der Waals surface area contributed by atoms with Gasteiger partial charge in [0, 0.05) is 11.6 Å². The Kier molecular flexibility index (Phi) is 5.16. The molecule has 0 aliphatic carbocycles. The van der Waals surface area contributed by atoms with Crippen molar-refractivity contribution in [1.29, 1.82) is 0 Å². The van der Waals surface area contributed by atoms with Crippen LogP contribution in [0.15, 0.2) is 48.9 Å². The van der Waals surface area contributed by atoms with Crippen molar-refractivity contribution < 1.29 is 22.7 Å². The number of rotatable bonds is 5. The standard InChI is InChI=1S/C20H14F4N6O/c1-25-17-9-26-16-7-6-15(28-30(16)17)19-18(12-2-4-13(21)5-3-12)27-11-29(19)14(10-31)8-20(22,23)24/h2-7,9,11,14,31H,8,10H2/t14-/m0/s1. The average molecular weight is 430 g/mol. The van der Waals surface area contributed by atoms with E-state index in [9.17, 15) is 22.7 Å². The number of halogens is 4. The number of aliphatic hydroxyl groups excluding tert-OH is 1. The van der Waals surface area contributed by atoms with Gasteiger partial charge in [0.2, 0.25) is 5.65 Å². The molecule has 1 aromatic carbocycles. The minimum Gasteiger partial charge on any atom is -0.394 e. The van der Waals surface area contributed by atoms with Crippen LogP contribution in [0.3, 0.4) is 0 Å². The molecule has 0 aliphatic rings. The first kappa shape index (κ1) is 20.5. The Hall–Kier alpha value is -3.78. The number of aliphatic hydroxyl groups is 1. The van der Waals surface area contributed by atoms with Crippen LogP contribution in [0.25, 0.3) is 33.1 Å². The molecule has 11 heteroatoms. The third-order valence-corrected chi connectivity index (χ3v) is 4.68. The zero-order valence-corrected chi connectivity index (χ0v) is 15.8. The van der Waals surface area contributed by atoms with Gasteiger partial charge in [-0.2, -0.15) is 13.2 Å². The molecule has 0 unspecified atom stereocenters. The summed E-state index contributed by atoms with van der Waals surface area (Å²) in [6.45, 7) is 6.45. The summed E-state index contributed by atoms with van der Waals surface area (Å²) in [5.41, 5.74) is 1.51. The van der Waals surface area contributed by atoms with E-state index in [1.807, 2.05) is 0 Å². The van der Waals surface area contributed by atoms with Crippen LogP contribution in [-0.2, 0) is 0 Å². The monoisotopic (exact) mass is 430 g/mol. The van der Waals surface area contributed by atoms with E-state index in [4.69, 9.17) is 6.57 Å². The largest absolute Gasteiger partial charge is 0.394 e. The fourth-order valence-corrected chi connectivity index (χ4v) is 3.29. The number of aromatic nitrogens is 5. The molecular formula is C20H14F4N6O. The maximum absolute atomic E-state index is 13.4. The molecule has 3 aromatic heterocycles. The predicted molar refractivity (Wildman–Crippen MR) is 103 cm³/mol. The van der Waals surface area contributed by atoms with Gasteiger partial charge in [0.15, 0.2) is 0 Å². The molecule has 0 saturated carbocycles. The number of alkyl halides is 3.